The number of amides is 1. The van der Waals surface area contributed by atoms with E-state index in [9.17, 15) is 4.79 Å². The van der Waals surface area contributed by atoms with Crippen LogP contribution >= 0.6 is 0 Å². The summed E-state index contributed by atoms with van der Waals surface area (Å²) in [5.41, 5.74) is 8.08. The molecule has 1 saturated heterocycles. The maximum Gasteiger partial charge on any atom is 0.231 e. The summed E-state index contributed by atoms with van der Waals surface area (Å²) in [6.45, 7) is 3.69. The SMILES string of the molecule is CN=C(NCCCOC1CCCc2ccccc21)NC1CCN(CC(N)=O)CC1. The van der Waals surface area contributed by atoms with Gasteiger partial charge in [0.2, 0.25) is 5.91 Å². The summed E-state index contributed by atoms with van der Waals surface area (Å²) < 4.78 is 6.17. The molecule has 3 rings (SSSR count). The number of piperidine rings is 1. The molecule has 0 aromatic heterocycles. The highest BCUT2D eigenvalue weighted by atomic mass is 16.5. The molecule has 1 aliphatic carbocycles. The van der Waals surface area contributed by atoms with E-state index in [0.29, 0.717) is 12.6 Å². The number of likely N-dealkylation sites (tertiary alicyclic amines) is 1. The van der Waals surface area contributed by atoms with Gasteiger partial charge in [-0.3, -0.25) is 14.7 Å². The predicted molar refractivity (Wildman–Crippen MR) is 116 cm³/mol. The standard InChI is InChI=1S/C22H35N5O2/c1-24-22(26-18-10-13-27(14-11-18)16-21(23)28)25-12-5-15-29-20-9-4-7-17-6-2-3-8-19(17)20/h2-3,6,8,18,20H,4-5,7,9-16H2,1H3,(H2,23,28)(H2,24,25,26). The van der Waals surface area contributed by atoms with Gasteiger partial charge in [0.05, 0.1) is 12.6 Å². The molecule has 4 N–H and O–H groups in total. The number of nitrogens with zero attached hydrogens (tertiary/aromatic N) is 2. The van der Waals surface area contributed by atoms with Crippen LogP contribution < -0.4 is 16.4 Å². The van der Waals surface area contributed by atoms with Crippen molar-refractivity contribution in [2.75, 3.05) is 39.8 Å². The zero-order valence-corrected chi connectivity index (χ0v) is 17.5. The molecule has 1 aromatic rings. The number of benzene rings is 1. The van der Waals surface area contributed by atoms with Gasteiger partial charge in [0, 0.05) is 39.3 Å². The highest BCUT2D eigenvalue weighted by molar-refractivity contribution is 5.80. The lowest BCUT2D eigenvalue weighted by Gasteiger charge is -2.32. The zero-order chi connectivity index (χ0) is 20.5. The van der Waals surface area contributed by atoms with Crippen LogP contribution in [0.2, 0.25) is 0 Å². The van der Waals surface area contributed by atoms with E-state index in [4.69, 9.17) is 10.5 Å². The first-order valence-electron chi connectivity index (χ1n) is 10.8. The van der Waals surface area contributed by atoms with Crippen molar-refractivity contribution in [1.82, 2.24) is 15.5 Å². The summed E-state index contributed by atoms with van der Waals surface area (Å²) in [4.78, 5) is 17.5. The van der Waals surface area contributed by atoms with Gasteiger partial charge in [-0.2, -0.15) is 0 Å². The molecule has 0 saturated carbocycles. The van der Waals surface area contributed by atoms with Crippen LogP contribution in [0.1, 0.15) is 49.3 Å². The quantitative estimate of drug-likeness (QED) is 0.349. The van der Waals surface area contributed by atoms with Gasteiger partial charge in [0.1, 0.15) is 0 Å². The molecule has 1 aliphatic heterocycles. The number of rotatable bonds is 8. The third-order valence-electron chi connectivity index (χ3n) is 5.78. The Hall–Kier alpha value is -2.12. The lowest BCUT2D eigenvalue weighted by Crippen LogP contribution is -2.50. The number of aliphatic imine (C=N–C) groups is 1. The Labute approximate surface area is 174 Å². The smallest absolute Gasteiger partial charge is 0.231 e. The van der Waals surface area contributed by atoms with Crippen LogP contribution in [0.3, 0.4) is 0 Å². The van der Waals surface area contributed by atoms with Crippen molar-refractivity contribution in [1.29, 1.82) is 0 Å². The fourth-order valence-corrected chi connectivity index (χ4v) is 4.23. The molecule has 7 heteroatoms. The average molecular weight is 402 g/mol. The molecule has 29 heavy (non-hydrogen) atoms. The molecule has 7 nitrogen and oxygen atoms in total. The number of ether oxygens (including phenoxy) is 1. The molecular weight excluding hydrogens is 366 g/mol. The minimum atomic E-state index is -0.257. The van der Waals surface area contributed by atoms with Crippen molar-refractivity contribution in [2.24, 2.45) is 10.7 Å². The highest BCUT2D eigenvalue weighted by Crippen LogP contribution is 2.32. The molecule has 0 radical (unpaired) electrons. The summed E-state index contributed by atoms with van der Waals surface area (Å²) in [5.74, 6) is 0.578. The van der Waals surface area contributed by atoms with E-state index >= 15 is 0 Å². The number of carbonyl (C=O) groups excluding carboxylic acids is 1. The van der Waals surface area contributed by atoms with Crippen LogP contribution in [0.5, 0.6) is 0 Å². The molecule has 1 unspecified atom stereocenters. The first kappa shape index (κ1) is 21.6. The van der Waals surface area contributed by atoms with Crippen molar-refractivity contribution < 1.29 is 9.53 Å². The zero-order valence-electron chi connectivity index (χ0n) is 17.5. The van der Waals surface area contributed by atoms with E-state index in [0.717, 1.165) is 57.9 Å². The molecule has 1 aromatic carbocycles. The van der Waals surface area contributed by atoms with Crippen molar-refractivity contribution in [3.8, 4) is 0 Å². The normalized spacial score (nSPS) is 20.9. The van der Waals surface area contributed by atoms with Crippen LogP contribution in [-0.4, -0.2) is 62.6 Å². The number of guanidine groups is 1. The lowest BCUT2D eigenvalue weighted by atomic mass is 9.89. The van der Waals surface area contributed by atoms with Crippen LogP contribution in [0.25, 0.3) is 0 Å². The Morgan fingerprint density at radius 1 is 1.28 bits per heavy atom. The van der Waals surface area contributed by atoms with Gasteiger partial charge in [-0.15, -0.1) is 0 Å². The molecule has 160 valence electrons. The molecule has 1 amide bonds. The van der Waals surface area contributed by atoms with Crippen LogP contribution in [0.4, 0.5) is 0 Å². The van der Waals surface area contributed by atoms with E-state index in [2.05, 4.69) is 44.8 Å². The third-order valence-corrected chi connectivity index (χ3v) is 5.78. The van der Waals surface area contributed by atoms with Crippen LogP contribution in [0.15, 0.2) is 29.3 Å². The van der Waals surface area contributed by atoms with Crippen molar-refractivity contribution >= 4 is 11.9 Å². The summed E-state index contributed by atoms with van der Waals surface area (Å²) >= 11 is 0. The van der Waals surface area contributed by atoms with Gasteiger partial charge in [-0.1, -0.05) is 24.3 Å². The number of nitrogens with two attached hydrogens (primary N) is 1. The molecule has 1 heterocycles. The van der Waals surface area contributed by atoms with E-state index in [-0.39, 0.29) is 12.0 Å². The lowest BCUT2D eigenvalue weighted by molar-refractivity contribution is -0.119. The van der Waals surface area contributed by atoms with Crippen molar-refractivity contribution in [2.45, 2.75) is 50.7 Å². The fourth-order valence-electron chi connectivity index (χ4n) is 4.23. The van der Waals surface area contributed by atoms with Gasteiger partial charge < -0.3 is 21.1 Å². The van der Waals surface area contributed by atoms with E-state index in [1.807, 2.05) is 0 Å². The maximum absolute atomic E-state index is 11.0. The van der Waals surface area contributed by atoms with Crippen LogP contribution in [0, 0.1) is 0 Å². The maximum atomic E-state index is 11.0. The largest absolute Gasteiger partial charge is 0.373 e. The summed E-state index contributed by atoms with van der Waals surface area (Å²) in [7, 11) is 1.80. The number of hydrogen-bond donors (Lipinski definition) is 3. The number of hydrogen-bond acceptors (Lipinski definition) is 4. The molecular formula is C22H35N5O2. The third kappa shape index (κ3) is 6.72. The fraction of sp³-hybridized carbons (Fsp3) is 0.636. The monoisotopic (exact) mass is 401 g/mol. The Kier molecular flexibility index (Phi) is 8.31. The van der Waals surface area contributed by atoms with E-state index < -0.39 is 0 Å². The van der Waals surface area contributed by atoms with Gasteiger partial charge in [-0.25, -0.2) is 0 Å². The summed E-state index contributed by atoms with van der Waals surface area (Å²) in [5, 5.41) is 6.88. The Balaban J connectivity index is 1.31. The van der Waals surface area contributed by atoms with E-state index in [1.54, 1.807) is 7.05 Å². The molecule has 2 aliphatic rings. The minimum Gasteiger partial charge on any atom is -0.373 e. The molecule has 1 atom stereocenters. The summed E-state index contributed by atoms with van der Waals surface area (Å²) in [6, 6.07) is 9.03. The number of carbonyl (C=O) groups is 1. The Bertz CT molecular complexity index is 686. The number of fused-ring (bicyclic) bond motifs is 1. The second-order valence-electron chi connectivity index (χ2n) is 7.96. The second kappa shape index (κ2) is 11.2. The van der Waals surface area contributed by atoms with Gasteiger partial charge in [0.15, 0.2) is 5.96 Å². The Morgan fingerprint density at radius 2 is 2.07 bits per heavy atom. The van der Waals surface area contributed by atoms with Crippen molar-refractivity contribution in [3.63, 3.8) is 0 Å². The number of nitrogens with one attached hydrogen (secondary N) is 2. The highest BCUT2D eigenvalue weighted by Gasteiger charge is 2.21. The van der Waals surface area contributed by atoms with Gasteiger partial charge in [-0.05, 0) is 49.7 Å². The first-order valence-corrected chi connectivity index (χ1v) is 10.8. The van der Waals surface area contributed by atoms with Crippen LogP contribution in [-0.2, 0) is 16.0 Å². The number of primary amides is 1. The molecule has 0 bridgehead atoms. The van der Waals surface area contributed by atoms with Gasteiger partial charge in [0.25, 0.3) is 0 Å². The Morgan fingerprint density at radius 3 is 2.83 bits per heavy atom. The average Bonchev–Trinajstić information content (AvgIpc) is 2.73. The second-order valence-corrected chi connectivity index (χ2v) is 7.96. The molecule has 0 spiro atoms. The molecule has 1 fully saturated rings. The van der Waals surface area contributed by atoms with Crippen molar-refractivity contribution in [3.05, 3.63) is 35.4 Å². The number of aryl methyl sites for hydroxylation is 1. The van der Waals surface area contributed by atoms with E-state index in [1.165, 1.54) is 24.0 Å². The first-order chi connectivity index (χ1) is 14.2. The predicted octanol–water partition coefficient (Wildman–Crippen LogP) is 1.59. The van der Waals surface area contributed by atoms with Gasteiger partial charge >= 0.3 is 0 Å². The topological polar surface area (TPSA) is 92.0 Å². The minimum absolute atomic E-state index is 0.239. The summed E-state index contributed by atoms with van der Waals surface area (Å²) in [6.07, 6.45) is 6.63.